The van der Waals surface area contributed by atoms with Crippen molar-refractivity contribution in [2.75, 3.05) is 14.1 Å². The maximum atomic E-state index is 2.23. The van der Waals surface area contributed by atoms with Gasteiger partial charge in [0.15, 0.2) is 0 Å². The highest BCUT2D eigenvalue weighted by Gasteiger charge is 2.03. The van der Waals surface area contributed by atoms with Gasteiger partial charge < -0.3 is 0 Å². The van der Waals surface area contributed by atoms with Crippen LogP contribution >= 0.6 is 8.20 Å². The Balaban J connectivity index is 3.71. The molecule has 0 spiro atoms. The molecule has 0 aliphatic heterocycles. The molecule has 0 radical (unpaired) electrons. The van der Waals surface area contributed by atoms with Crippen LogP contribution < -0.4 is 0 Å². The molecule has 0 aliphatic rings. The lowest BCUT2D eigenvalue weighted by Crippen LogP contribution is -2.10. The minimum absolute atomic E-state index is 0.407. The Morgan fingerprint density at radius 1 is 1.22 bits per heavy atom. The molecule has 0 saturated carbocycles. The summed E-state index contributed by atoms with van der Waals surface area (Å²) >= 11 is 0. The van der Waals surface area contributed by atoms with Crippen molar-refractivity contribution in [2.45, 2.75) is 25.9 Å². The molecule has 0 bridgehead atoms. The van der Waals surface area contributed by atoms with Crippen molar-refractivity contribution in [2.24, 2.45) is 0 Å². The molecule has 0 atom stereocenters. The third-order valence-corrected chi connectivity index (χ3v) is 2.03. The summed E-state index contributed by atoms with van der Waals surface area (Å²) in [6, 6.07) is 0. The van der Waals surface area contributed by atoms with E-state index in [2.05, 4.69) is 45.7 Å². The monoisotopic (exact) mass is 145 g/mol. The Labute approximate surface area is 59.9 Å². The third-order valence-electron chi connectivity index (χ3n) is 0.676. The van der Waals surface area contributed by atoms with Gasteiger partial charge in [-0.1, -0.05) is 29.0 Å². The highest BCUT2D eigenvalue weighted by molar-refractivity contribution is 7.40. The van der Waals surface area contributed by atoms with Crippen LogP contribution in [-0.4, -0.2) is 30.1 Å². The van der Waals surface area contributed by atoms with Crippen LogP contribution in [0, 0.1) is 0 Å². The maximum absolute atomic E-state index is 2.23. The van der Waals surface area contributed by atoms with Crippen LogP contribution in [0.15, 0.2) is 0 Å². The van der Waals surface area contributed by atoms with Crippen molar-refractivity contribution in [1.82, 2.24) is 4.90 Å². The summed E-state index contributed by atoms with van der Waals surface area (Å²) in [7, 11) is 5.49. The molecule has 54 valence electrons. The summed E-state index contributed by atoms with van der Waals surface area (Å²) in [6.07, 6.45) is 0. The second kappa shape index (κ2) is 3.34. The smallest absolute Gasteiger partial charge is 0.00466 e. The largest absolute Gasteiger partial charge is 0.284 e. The molecule has 0 aromatic rings. The highest BCUT2D eigenvalue weighted by atomic mass is 31.1. The minimum atomic E-state index is 0.407. The topological polar surface area (TPSA) is 3.24 Å². The van der Waals surface area contributed by atoms with Crippen LogP contribution in [0.2, 0.25) is 0 Å². The van der Waals surface area contributed by atoms with Crippen molar-refractivity contribution in [3.63, 3.8) is 0 Å². The number of nitrogens with zero attached hydrogens (tertiary/aromatic N) is 1. The van der Waals surface area contributed by atoms with E-state index in [9.17, 15) is 0 Å². The van der Waals surface area contributed by atoms with E-state index in [0.717, 1.165) is 0 Å². The zero-order chi connectivity index (χ0) is 7.49. The lowest BCUT2D eigenvalue weighted by Gasteiger charge is -2.11. The highest BCUT2D eigenvalue weighted by Crippen LogP contribution is 2.20. The SMILES string of the molecule is CN(C)C=PC(C)(C)C. The summed E-state index contributed by atoms with van der Waals surface area (Å²) in [4.78, 5) is 2.09. The van der Waals surface area contributed by atoms with Crippen molar-refractivity contribution in [1.29, 1.82) is 0 Å². The van der Waals surface area contributed by atoms with Gasteiger partial charge in [0.2, 0.25) is 0 Å². The molecule has 0 aromatic heterocycles. The molecule has 0 rings (SSSR count). The van der Waals surface area contributed by atoms with E-state index >= 15 is 0 Å². The normalized spacial score (nSPS) is 13.6. The fourth-order valence-corrected chi connectivity index (χ4v) is 0.866. The lowest BCUT2D eigenvalue weighted by molar-refractivity contribution is 0.652. The number of hydrogen-bond acceptors (Lipinski definition) is 0. The average Bonchev–Trinajstić information content (AvgIpc) is 1.59. The van der Waals surface area contributed by atoms with Crippen molar-refractivity contribution < 1.29 is 0 Å². The molecule has 0 heterocycles. The Hall–Kier alpha value is 0.130. The maximum Gasteiger partial charge on any atom is 0.00466 e. The first-order chi connectivity index (χ1) is 3.92. The molecule has 0 aliphatic carbocycles. The molecule has 0 unspecified atom stereocenters. The molecule has 0 amide bonds. The Morgan fingerprint density at radius 2 is 1.67 bits per heavy atom. The number of rotatable bonds is 1. The van der Waals surface area contributed by atoms with Gasteiger partial charge in [0.1, 0.15) is 0 Å². The van der Waals surface area contributed by atoms with E-state index in [1.165, 1.54) is 8.20 Å². The van der Waals surface area contributed by atoms with Crippen LogP contribution in [0.3, 0.4) is 0 Å². The quantitative estimate of drug-likeness (QED) is 0.510. The summed E-state index contributed by atoms with van der Waals surface area (Å²) in [5.41, 5.74) is 0. The van der Waals surface area contributed by atoms with Crippen molar-refractivity contribution in [3.05, 3.63) is 0 Å². The summed E-state index contributed by atoms with van der Waals surface area (Å²) in [5, 5.41) is 0.407. The van der Waals surface area contributed by atoms with Gasteiger partial charge in [-0.25, -0.2) is 0 Å². The lowest BCUT2D eigenvalue weighted by atomic mass is 10.3. The van der Waals surface area contributed by atoms with E-state index < -0.39 is 0 Å². The molecule has 0 saturated heterocycles. The van der Waals surface area contributed by atoms with Crippen molar-refractivity contribution in [3.8, 4) is 0 Å². The zero-order valence-corrected chi connectivity index (χ0v) is 7.87. The van der Waals surface area contributed by atoms with E-state index in [0.29, 0.717) is 5.16 Å². The molecule has 0 fully saturated rings. The predicted octanol–water partition coefficient (Wildman–Crippen LogP) is 2.05. The van der Waals surface area contributed by atoms with E-state index in [1.54, 1.807) is 0 Å². The van der Waals surface area contributed by atoms with Crippen LogP contribution in [-0.2, 0) is 0 Å². The predicted molar refractivity (Wildman–Crippen MR) is 46.4 cm³/mol. The van der Waals surface area contributed by atoms with E-state index in [4.69, 9.17) is 0 Å². The van der Waals surface area contributed by atoms with Crippen LogP contribution in [0.1, 0.15) is 20.8 Å². The van der Waals surface area contributed by atoms with Crippen molar-refractivity contribution >= 4 is 14.1 Å². The molecule has 1 nitrogen and oxygen atoms in total. The van der Waals surface area contributed by atoms with Gasteiger partial charge in [0.05, 0.1) is 0 Å². The second-order valence-corrected chi connectivity index (χ2v) is 5.21. The average molecular weight is 145 g/mol. The fourth-order valence-electron chi connectivity index (χ4n) is 0.289. The fraction of sp³-hybridized carbons (Fsp3) is 0.857. The summed E-state index contributed by atoms with van der Waals surface area (Å²) < 4.78 is 0. The molecular weight excluding hydrogens is 129 g/mol. The number of hydrogen-bond donors (Lipinski definition) is 0. The van der Waals surface area contributed by atoms with Crippen LogP contribution in [0.4, 0.5) is 0 Å². The Bertz CT molecular complexity index is 100.0. The standard InChI is InChI=1S/C7H16NP/c1-7(2,3)9-6-8(4)5/h6H,1-5H3. The minimum Gasteiger partial charge on any atom is -0.284 e. The first kappa shape index (κ1) is 9.13. The Kier molecular flexibility index (Phi) is 3.38. The van der Waals surface area contributed by atoms with E-state index in [1.807, 2.05) is 0 Å². The van der Waals surface area contributed by atoms with Gasteiger partial charge >= 0.3 is 0 Å². The van der Waals surface area contributed by atoms with Gasteiger partial charge in [-0.3, -0.25) is 4.90 Å². The molecular formula is C7H16NP. The first-order valence-electron chi connectivity index (χ1n) is 3.13. The zero-order valence-electron chi connectivity index (χ0n) is 6.97. The molecule has 0 aromatic carbocycles. The third kappa shape index (κ3) is 8.13. The Morgan fingerprint density at radius 3 is 1.78 bits per heavy atom. The first-order valence-corrected chi connectivity index (χ1v) is 4.10. The van der Waals surface area contributed by atoms with E-state index in [-0.39, 0.29) is 0 Å². The van der Waals surface area contributed by atoms with Gasteiger partial charge in [0.25, 0.3) is 0 Å². The van der Waals surface area contributed by atoms with Gasteiger partial charge in [-0.2, -0.15) is 0 Å². The molecule has 9 heavy (non-hydrogen) atoms. The van der Waals surface area contributed by atoms with Gasteiger partial charge in [-0.15, -0.1) is 0 Å². The van der Waals surface area contributed by atoms with Gasteiger partial charge in [-0.05, 0) is 14.1 Å². The summed E-state index contributed by atoms with van der Waals surface area (Å²) in [6.45, 7) is 6.69. The molecule has 2 heteroatoms. The molecule has 0 N–H and O–H groups in total. The van der Waals surface area contributed by atoms with Gasteiger partial charge in [0, 0.05) is 11.1 Å². The van der Waals surface area contributed by atoms with Crippen LogP contribution in [0.5, 0.6) is 0 Å². The van der Waals surface area contributed by atoms with Crippen LogP contribution in [0.25, 0.3) is 0 Å². The summed E-state index contributed by atoms with van der Waals surface area (Å²) in [5.74, 6) is 2.18. The second-order valence-electron chi connectivity index (χ2n) is 3.38.